The molecule has 9 rings (SSSR count). The average Bonchev–Trinajstić information content (AvgIpc) is 3.58. The van der Waals surface area contributed by atoms with Crippen LogP contribution in [0.1, 0.15) is 25.0 Å². The molecule has 224 valence electrons. The molecule has 3 heteroatoms. The Morgan fingerprint density at radius 2 is 1.17 bits per heavy atom. The predicted octanol–water partition coefficient (Wildman–Crippen LogP) is 11.6. The van der Waals surface area contributed by atoms with Gasteiger partial charge in [0.1, 0.15) is 0 Å². The van der Waals surface area contributed by atoms with Crippen LogP contribution in [0.3, 0.4) is 0 Å². The minimum absolute atomic E-state index is 0.0642. The smallest absolute Gasteiger partial charge is 0.0963 e. The molecule has 0 spiro atoms. The van der Waals surface area contributed by atoms with Crippen LogP contribution < -0.4 is 4.90 Å². The van der Waals surface area contributed by atoms with Gasteiger partial charge >= 0.3 is 0 Å². The van der Waals surface area contributed by atoms with Gasteiger partial charge < -0.3 is 9.47 Å². The number of pyridine rings is 1. The molecule has 1 aliphatic rings. The molecular formula is C44H33N3. The van der Waals surface area contributed by atoms with E-state index in [1.807, 2.05) is 12.3 Å². The van der Waals surface area contributed by atoms with Crippen LogP contribution in [0.25, 0.3) is 49.9 Å². The highest BCUT2D eigenvalue weighted by molar-refractivity contribution is 6.08. The summed E-state index contributed by atoms with van der Waals surface area (Å²) in [5.41, 5.74) is 15.5. The maximum absolute atomic E-state index is 4.82. The Kier molecular flexibility index (Phi) is 6.16. The van der Waals surface area contributed by atoms with Crippen molar-refractivity contribution in [2.75, 3.05) is 4.90 Å². The molecule has 0 fully saturated rings. The number of nitrogens with zero attached hydrogens (tertiary/aromatic N) is 3. The molecule has 0 unspecified atom stereocenters. The van der Waals surface area contributed by atoms with E-state index in [2.05, 4.69) is 175 Å². The number of para-hydroxylation sites is 2. The van der Waals surface area contributed by atoms with E-state index in [4.69, 9.17) is 4.98 Å². The third-order valence-electron chi connectivity index (χ3n) is 9.83. The first kappa shape index (κ1) is 27.4. The zero-order chi connectivity index (χ0) is 31.5. The second kappa shape index (κ2) is 10.6. The van der Waals surface area contributed by atoms with E-state index in [9.17, 15) is 0 Å². The number of rotatable bonds is 5. The lowest BCUT2D eigenvalue weighted by Gasteiger charge is -2.28. The van der Waals surface area contributed by atoms with E-state index < -0.39 is 0 Å². The van der Waals surface area contributed by atoms with Gasteiger partial charge in [0.2, 0.25) is 0 Å². The van der Waals surface area contributed by atoms with Crippen LogP contribution >= 0.6 is 0 Å². The number of benzene rings is 6. The lowest BCUT2D eigenvalue weighted by molar-refractivity contribution is 0.660. The summed E-state index contributed by atoms with van der Waals surface area (Å²) in [4.78, 5) is 7.18. The largest absolute Gasteiger partial charge is 0.310 e. The van der Waals surface area contributed by atoms with Crippen molar-refractivity contribution < 1.29 is 0 Å². The third-order valence-corrected chi connectivity index (χ3v) is 9.83. The van der Waals surface area contributed by atoms with Gasteiger partial charge in [0, 0.05) is 39.7 Å². The Hall–Kier alpha value is -5.93. The number of hydrogen-bond acceptors (Lipinski definition) is 2. The van der Waals surface area contributed by atoms with Crippen LogP contribution in [0.15, 0.2) is 164 Å². The quantitative estimate of drug-likeness (QED) is 0.195. The van der Waals surface area contributed by atoms with Gasteiger partial charge in [0.25, 0.3) is 0 Å². The Labute approximate surface area is 275 Å². The SMILES string of the molecule is CC1(C)c2ccccc2-c2ccc(N(c3ccccc3)c3ccc(-c4ccc5c(c4)c4ncccc4n5-c4ccccc4)cc3)cc21. The molecule has 0 radical (unpaired) electrons. The van der Waals surface area contributed by atoms with Gasteiger partial charge in [0.05, 0.1) is 16.6 Å². The lowest BCUT2D eigenvalue weighted by atomic mass is 9.82. The molecule has 0 amide bonds. The standard InChI is InChI=1S/C44H33N3/c1-44(2)39-17-10-9-16-36(39)37-25-24-35(29-40(37)44)46(32-12-5-3-6-13-32)34-22-19-30(20-23-34)31-21-26-41-38(28-31)43-42(18-11-27-45-43)47(41)33-14-7-4-8-15-33/h3-29H,1-2H3. The Balaban J connectivity index is 1.13. The van der Waals surface area contributed by atoms with E-state index in [0.717, 1.165) is 44.7 Å². The summed E-state index contributed by atoms with van der Waals surface area (Å²) in [5, 5.41) is 1.15. The van der Waals surface area contributed by atoms with Crippen molar-refractivity contribution in [3.05, 3.63) is 175 Å². The monoisotopic (exact) mass is 603 g/mol. The molecular weight excluding hydrogens is 571 g/mol. The molecule has 47 heavy (non-hydrogen) atoms. The van der Waals surface area contributed by atoms with Crippen molar-refractivity contribution in [3.63, 3.8) is 0 Å². The van der Waals surface area contributed by atoms with Crippen LogP contribution in [0.5, 0.6) is 0 Å². The van der Waals surface area contributed by atoms with Gasteiger partial charge in [0.15, 0.2) is 0 Å². The van der Waals surface area contributed by atoms with Gasteiger partial charge in [-0.1, -0.05) is 98.8 Å². The van der Waals surface area contributed by atoms with Crippen molar-refractivity contribution >= 4 is 39.0 Å². The van der Waals surface area contributed by atoms with Crippen molar-refractivity contribution in [2.45, 2.75) is 19.3 Å². The molecule has 2 heterocycles. The lowest BCUT2D eigenvalue weighted by Crippen LogP contribution is -2.16. The summed E-state index contributed by atoms with van der Waals surface area (Å²) >= 11 is 0. The van der Waals surface area contributed by atoms with E-state index >= 15 is 0 Å². The van der Waals surface area contributed by atoms with Crippen LogP contribution in [-0.2, 0) is 5.41 Å². The predicted molar refractivity (Wildman–Crippen MR) is 196 cm³/mol. The summed E-state index contributed by atoms with van der Waals surface area (Å²) in [6.07, 6.45) is 1.88. The fourth-order valence-corrected chi connectivity index (χ4v) is 7.53. The first-order chi connectivity index (χ1) is 23.1. The highest BCUT2D eigenvalue weighted by Crippen LogP contribution is 2.50. The molecule has 0 N–H and O–H groups in total. The van der Waals surface area contributed by atoms with Crippen molar-refractivity contribution in [1.29, 1.82) is 0 Å². The van der Waals surface area contributed by atoms with Crippen LogP contribution in [0.4, 0.5) is 17.1 Å². The molecule has 6 aromatic carbocycles. The maximum Gasteiger partial charge on any atom is 0.0963 e. The molecule has 0 atom stereocenters. The summed E-state index contributed by atoms with van der Waals surface area (Å²) in [5.74, 6) is 0. The molecule has 1 aliphatic carbocycles. The number of fused-ring (bicyclic) bond motifs is 6. The van der Waals surface area contributed by atoms with Crippen LogP contribution in [0, 0.1) is 0 Å². The summed E-state index contributed by atoms with van der Waals surface area (Å²) in [6.45, 7) is 4.68. The molecule has 2 aromatic heterocycles. The Bertz CT molecular complexity index is 2420. The minimum atomic E-state index is -0.0642. The van der Waals surface area contributed by atoms with Gasteiger partial charge in [-0.15, -0.1) is 0 Å². The zero-order valence-corrected chi connectivity index (χ0v) is 26.4. The summed E-state index contributed by atoms with van der Waals surface area (Å²) in [6, 6.07) is 56.8. The Morgan fingerprint density at radius 3 is 1.98 bits per heavy atom. The molecule has 8 aromatic rings. The highest BCUT2D eigenvalue weighted by atomic mass is 15.1. The molecule has 3 nitrogen and oxygen atoms in total. The molecule has 0 aliphatic heterocycles. The van der Waals surface area contributed by atoms with Crippen molar-refractivity contribution in [1.82, 2.24) is 9.55 Å². The fraction of sp³-hybridized carbons (Fsp3) is 0.0682. The fourth-order valence-electron chi connectivity index (χ4n) is 7.53. The van der Waals surface area contributed by atoms with Gasteiger partial charge in [-0.3, -0.25) is 4.98 Å². The molecule has 0 saturated carbocycles. The van der Waals surface area contributed by atoms with Crippen LogP contribution in [0.2, 0.25) is 0 Å². The molecule has 0 bridgehead atoms. The van der Waals surface area contributed by atoms with E-state index in [-0.39, 0.29) is 5.41 Å². The first-order valence-electron chi connectivity index (χ1n) is 16.2. The summed E-state index contributed by atoms with van der Waals surface area (Å²) in [7, 11) is 0. The van der Waals surface area contributed by atoms with Gasteiger partial charge in [-0.2, -0.15) is 0 Å². The Morgan fingerprint density at radius 1 is 0.511 bits per heavy atom. The number of hydrogen-bond donors (Lipinski definition) is 0. The van der Waals surface area contributed by atoms with E-state index in [0.29, 0.717) is 0 Å². The van der Waals surface area contributed by atoms with Gasteiger partial charge in [-0.25, -0.2) is 0 Å². The maximum atomic E-state index is 4.82. The normalized spacial score (nSPS) is 13.1. The zero-order valence-electron chi connectivity index (χ0n) is 26.4. The van der Waals surface area contributed by atoms with Crippen molar-refractivity contribution in [2.24, 2.45) is 0 Å². The highest BCUT2D eigenvalue weighted by Gasteiger charge is 2.35. The number of anilines is 3. The number of aromatic nitrogens is 2. The second-order valence-electron chi connectivity index (χ2n) is 12.9. The third kappa shape index (κ3) is 4.31. The minimum Gasteiger partial charge on any atom is -0.310 e. The second-order valence-corrected chi connectivity index (χ2v) is 12.9. The van der Waals surface area contributed by atoms with Crippen molar-refractivity contribution in [3.8, 4) is 27.9 Å². The molecule has 0 saturated heterocycles. The van der Waals surface area contributed by atoms with E-state index in [1.54, 1.807) is 0 Å². The topological polar surface area (TPSA) is 21.1 Å². The van der Waals surface area contributed by atoms with Gasteiger partial charge in [-0.05, 0) is 106 Å². The first-order valence-corrected chi connectivity index (χ1v) is 16.2. The average molecular weight is 604 g/mol. The summed E-state index contributed by atoms with van der Waals surface area (Å²) < 4.78 is 2.30. The van der Waals surface area contributed by atoms with E-state index in [1.165, 1.54) is 33.4 Å². The van der Waals surface area contributed by atoms with Crippen LogP contribution in [-0.4, -0.2) is 9.55 Å².